The summed E-state index contributed by atoms with van der Waals surface area (Å²) in [5.74, 6) is -3.22. The molecule has 0 aliphatic carbocycles. The summed E-state index contributed by atoms with van der Waals surface area (Å²) >= 11 is 3.38. The van der Waals surface area contributed by atoms with Crippen molar-refractivity contribution in [1.29, 1.82) is 0 Å². The first-order valence-corrected chi connectivity index (χ1v) is 15.0. The molecule has 220 valence electrons. The highest BCUT2D eigenvalue weighted by atomic mass is 32.2. The zero-order valence-electron chi connectivity index (χ0n) is 21.6. The zero-order valence-corrected chi connectivity index (χ0v) is 24.1. The summed E-state index contributed by atoms with van der Waals surface area (Å²) < 4.78 is 1.75. The van der Waals surface area contributed by atoms with Crippen LogP contribution in [0.2, 0.25) is 0 Å². The van der Waals surface area contributed by atoms with E-state index in [9.17, 15) is 24.3 Å². The number of aliphatic carboxylic acids is 2. The van der Waals surface area contributed by atoms with Gasteiger partial charge >= 0.3 is 11.1 Å². The van der Waals surface area contributed by atoms with Crippen LogP contribution in [0.5, 0.6) is 0 Å². The number of hydrogen-bond donors (Lipinski definition) is 5. The number of thiazole rings is 1. The second kappa shape index (κ2) is 12.4. The largest absolute Gasteiger partial charge is 0.549 e. The number of fused-ring (bicyclic) bond motifs is 1. The molecule has 3 atom stereocenters. The van der Waals surface area contributed by atoms with Crippen LogP contribution < -0.4 is 32.2 Å². The summed E-state index contributed by atoms with van der Waals surface area (Å²) in [4.78, 5) is 63.6. The number of anilines is 3. The number of hydrogen-bond acceptors (Lipinski definition) is 15. The molecule has 2 aliphatic rings. The van der Waals surface area contributed by atoms with Crippen LogP contribution in [0, 0.1) is 5.41 Å². The molecule has 2 saturated heterocycles. The summed E-state index contributed by atoms with van der Waals surface area (Å²) in [5.41, 5.74) is 15.9. The molecule has 2 unspecified atom stereocenters. The Labute approximate surface area is 245 Å². The molecule has 41 heavy (non-hydrogen) atoms. The summed E-state index contributed by atoms with van der Waals surface area (Å²) in [6.07, 6.45) is 0.764. The lowest BCUT2D eigenvalue weighted by molar-refractivity contribution is -0.723. The van der Waals surface area contributed by atoms with Crippen molar-refractivity contribution in [2.24, 2.45) is 10.6 Å². The number of amides is 2. The monoisotopic (exact) mass is 625 g/mol. The van der Waals surface area contributed by atoms with Crippen LogP contribution in [-0.2, 0) is 30.6 Å². The van der Waals surface area contributed by atoms with Gasteiger partial charge < -0.3 is 47.3 Å². The van der Waals surface area contributed by atoms with E-state index >= 15 is 0 Å². The van der Waals surface area contributed by atoms with Gasteiger partial charge in [-0.25, -0.2) is 14.3 Å². The van der Waals surface area contributed by atoms with Gasteiger partial charge in [0.2, 0.25) is 24.1 Å². The number of carbonyl (C=O) groups is 4. The van der Waals surface area contributed by atoms with Crippen molar-refractivity contribution in [3.05, 3.63) is 17.1 Å². The minimum absolute atomic E-state index is 0.0401. The number of aromatic nitrogens is 3. The van der Waals surface area contributed by atoms with E-state index in [1.165, 1.54) is 28.1 Å². The fourth-order valence-electron chi connectivity index (χ4n) is 4.16. The quantitative estimate of drug-likeness (QED) is 0.0416. The highest BCUT2D eigenvalue weighted by molar-refractivity contribution is 8.00. The van der Waals surface area contributed by atoms with Gasteiger partial charge in [-0.05, 0) is 6.42 Å². The van der Waals surface area contributed by atoms with Crippen molar-refractivity contribution in [2.45, 2.75) is 36.5 Å². The average molecular weight is 626 g/mol. The molecule has 2 fully saturated rings. The van der Waals surface area contributed by atoms with Crippen LogP contribution in [0.25, 0.3) is 0 Å². The highest BCUT2D eigenvalue weighted by Crippen LogP contribution is 2.44. The topological polar surface area (TPSA) is 256 Å². The van der Waals surface area contributed by atoms with Gasteiger partial charge in [0.15, 0.2) is 10.8 Å². The first kappa shape index (κ1) is 30.1. The van der Waals surface area contributed by atoms with Crippen molar-refractivity contribution in [3.8, 4) is 0 Å². The lowest BCUT2D eigenvalue weighted by atomic mass is 9.89. The Bertz CT molecular complexity index is 1400. The number of β-lactam (4-membered cyclic amide) rings is 1. The normalized spacial score (nSPS) is 22.0. The van der Waals surface area contributed by atoms with E-state index in [0.717, 1.165) is 29.5 Å². The Hall–Kier alpha value is -3.84. The molecule has 0 aromatic carbocycles. The maximum Gasteiger partial charge on any atom is 0.344 e. The minimum atomic E-state index is -1.41. The second-order valence-corrected chi connectivity index (χ2v) is 12.1. The number of nitrogen functional groups attached to an aromatic ring is 3. The molecule has 4 rings (SSSR count). The third kappa shape index (κ3) is 6.41. The minimum Gasteiger partial charge on any atom is -0.549 e. The van der Waals surface area contributed by atoms with Gasteiger partial charge in [-0.3, -0.25) is 9.59 Å². The molecule has 2 amide bonds. The summed E-state index contributed by atoms with van der Waals surface area (Å²) in [5, 5.41) is 28.8. The van der Waals surface area contributed by atoms with Crippen molar-refractivity contribution in [1.82, 2.24) is 20.2 Å². The molecule has 2 aliphatic heterocycles. The Morgan fingerprint density at radius 3 is 2.76 bits per heavy atom. The number of nitrogens with two attached hydrogens (primary N) is 3. The molecule has 0 saturated carbocycles. The van der Waals surface area contributed by atoms with Gasteiger partial charge in [-0.2, -0.15) is 0 Å². The molecular weight excluding hydrogens is 598 g/mol. The van der Waals surface area contributed by atoms with Gasteiger partial charge in [-0.1, -0.05) is 28.8 Å². The number of nitrogens with one attached hydrogen (secondary N) is 1. The van der Waals surface area contributed by atoms with E-state index in [0.29, 0.717) is 17.5 Å². The number of oxime groups is 1. The predicted octanol–water partition coefficient (Wildman–Crippen LogP) is -2.28. The molecule has 8 N–H and O–H groups in total. The molecule has 0 bridgehead atoms. The first-order chi connectivity index (χ1) is 19.5. The van der Waals surface area contributed by atoms with Gasteiger partial charge in [0.05, 0.1) is 18.6 Å². The van der Waals surface area contributed by atoms with Crippen LogP contribution in [0.15, 0.2) is 21.8 Å². The van der Waals surface area contributed by atoms with Crippen molar-refractivity contribution in [2.75, 3.05) is 41.9 Å². The number of carbonyl (C=O) groups excluding carboxylic acids is 3. The van der Waals surface area contributed by atoms with Gasteiger partial charge in [0.25, 0.3) is 5.91 Å². The molecular formula is C22H27N9O7S3. The van der Waals surface area contributed by atoms with Crippen molar-refractivity contribution in [3.63, 3.8) is 0 Å². The molecule has 16 nitrogen and oxygen atoms in total. The van der Waals surface area contributed by atoms with E-state index < -0.39 is 47.2 Å². The lowest BCUT2D eigenvalue weighted by Gasteiger charge is -2.55. The molecule has 19 heteroatoms. The van der Waals surface area contributed by atoms with E-state index in [4.69, 9.17) is 27.1 Å². The Morgan fingerprint density at radius 1 is 1.37 bits per heavy atom. The third-order valence-electron chi connectivity index (χ3n) is 6.18. The van der Waals surface area contributed by atoms with Crippen molar-refractivity contribution < 1.29 is 38.8 Å². The van der Waals surface area contributed by atoms with Gasteiger partial charge in [0, 0.05) is 28.8 Å². The molecule has 0 radical (unpaired) electrons. The molecule has 4 heterocycles. The number of carboxylic acid groups (broad SMARTS) is 2. The predicted molar refractivity (Wildman–Crippen MR) is 148 cm³/mol. The van der Waals surface area contributed by atoms with Crippen LogP contribution in [-0.4, -0.2) is 85.5 Å². The number of rotatable bonds is 12. The summed E-state index contributed by atoms with van der Waals surface area (Å²) in [6.45, 7) is 1.59. The smallest absolute Gasteiger partial charge is 0.344 e. The summed E-state index contributed by atoms with van der Waals surface area (Å²) in [6, 6.07) is 0.544. The summed E-state index contributed by atoms with van der Waals surface area (Å²) in [7, 11) is 0. The van der Waals surface area contributed by atoms with Gasteiger partial charge in [-0.15, -0.1) is 23.1 Å². The second-order valence-electron chi connectivity index (χ2n) is 9.19. The average Bonchev–Trinajstić information content (AvgIpc) is 3.35. The van der Waals surface area contributed by atoms with E-state index in [1.54, 1.807) is 4.57 Å². The first-order valence-electron chi connectivity index (χ1n) is 12.1. The molecule has 2 aromatic rings. The Kier molecular flexibility index (Phi) is 9.08. The maximum absolute atomic E-state index is 13.1. The van der Waals surface area contributed by atoms with Gasteiger partial charge in [0.1, 0.15) is 17.1 Å². The lowest BCUT2D eigenvalue weighted by Crippen LogP contribution is -2.75. The molecule has 2 aromatic heterocycles. The Balaban J connectivity index is 1.46. The Morgan fingerprint density at radius 2 is 2.12 bits per heavy atom. The SMILES string of the molecule is CCC[n+]1c(N)cc(N)nc1SCC1(C(=O)[O-])CS[C@@H]2C(NC(=O)C(=NOCC(=O)O)c3csc(N)n3)C(=O)N2C1. The highest BCUT2D eigenvalue weighted by Gasteiger charge is 2.56. The van der Waals surface area contributed by atoms with Crippen LogP contribution >= 0.6 is 34.9 Å². The standard InChI is InChI=1S/C22H27N9O7S3/c1-2-3-30-12(24)4-11(23)27-21(30)41-9-22(19(36)37)7-31-17(35)15(18(31)40-8-22)28-16(34)14(29-38-5-13(32)33)10-6-39-20(25)26-10/h4,6,15,18H,2-3,5,7-9H2,1H3,(H8,23,24,25,26,28,32,33,34,36,37)/t15?,18-,22?/m1/s1. The maximum atomic E-state index is 13.1. The van der Waals surface area contributed by atoms with Crippen LogP contribution in [0.4, 0.5) is 16.8 Å². The van der Waals surface area contributed by atoms with Crippen LogP contribution in [0.3, 0.4) is 0 Å². The number of carboxylic acids is 2. The van der Waals surface area contributed by atoms with E-state index in [-0.39, 0.29) is 40.4 Å². The van der Waals surface area contributed by atoms with Crippen LogP contribution in [0.1, 0.15) is 19.0 Å². The zero-order chi connectivity index (χ0) is 29.9. The van der Waals surface area contributed by atoms with E-state index in [1.807, 2.05) is 6.92 Å². The third-order valence-corrected chi connectivity index (χ3v) is 9.70. The number of nitrogens with zero attached hydrogens (tertiary/aromatic N) is 5. The number of thioether (sulfide) groups is 2. The fourth-order valence-corrected chi connectivity index (χ4v) is 7.62. The fraction of sp³-hybridized carbons (Fsp3) is 0.455. The van der Waals surface area contributed by atoms with E-state index in [2.05, 4.69) is 20.4 Å². The van der Waals surface area contributed by atoms with Crippen molar-refractivity contribution >= 4 is 81.1 Å². The molecule has 0 spiro atoms.